The Balaban J connectivity index is 2.17. The van der Waals surface area contributed by atoms with E-state index in [1.54, 1.807) is 0 Å². The van der Waals surface area contributed by atoms with Crippen molar-refractivity contribution in [1.82, 2.24) is 0 Å². The fraction of sp³-hybridized carbons (Fsp3) is 0.750. The zero-order valence-electron chi connectivity index (χ0n) is 8.28. The zero-order valence-corrected chi connectivity index (χ0v) is 8.28. The molecule has 0 spiro atoms. The van der Waals surface area contributed by atoms with Crippen LogP contribution in [0.3, 0.4) is 0 Å². The van der Waals surface area contributed by atoms with Crippen molar-refractivity contribution in [2.45, 2.75) is 38.2 Å². The Labute approximate surface area is 84.7 Å². The van der Waals surface area contributed by atoms with Crippen LogP contribution >= 0.6 is 0 Å². The molecule has 2 saturated carbocycles. The predicted molar refractivity (Wildman–Crippen MR) is 53.4 cm³/mol. The molecule has 2 nitrogen and oxygen atoms in total. The number of carbonyl (C=O) groups is 1. The lowest BCUT2D eigenvalue weighted by atomic mass is 9.87. The second-order valence-electron chi connectivity index (χ2n) is 4.52. The summed E-state index contributed by atoms with van der Waals surface area (Å²) < 4.78 is 0. The molecule has 1 N–H and O–H groups in total. The number of aliphatic hydroxyl groups excluding tert-OH is 1. The number of fused-ring (bicyclic) bond motifs is 1. The summed E-state index contributed by atoms with van der Waals surface area (Å²) in [6, 6.07) is 0. The highest BCUT2D eigenvalue weighted by molar-refractivity contribution is 5.83. The molecule has 0 amide bonds. The Bertz CT molecular complexity index is 277. The number of hydrogen-bond donors (Lipinski definition) is 1. The largest absolute Gasteiger partial charge is 0.393 e. The van der Waals surface area contributed by atoms with Gasteiger partial charge in [-0.3, -0.25) is 4.79 Å². The molecule has 2 heteroatoms. The molecule has 2 aliphatic carbocycles. The van der Waals surface area contributed by atoms with Crippen molar-refractivity contribution in [3.63, 3.8) is 0 Å². The Morgan fingerprint density at radius 3 is 2.86 bits per heavy atom. The number of hydrogen-bond acceptors (Lipinski definition) is 2. The molecule has 0 aromatic carbocycles. The molecule has 0 unspecified atom stereocenters. The van der Waals surface area contributed by atoms with Crippen molar-refractivity contribution in [3.05, 3.63) is 0 Å². The molecule has 0 saturated heterocycles. The summed E-state index contributed by atoms with van der Waals surface area (Å²) in [4.78, 5) is 11.6. The lowest BCUT2D eigenvalue weighted by Gasteiger charge is -2.19. The molecule has 0 aromatic heterocycles. The van der Waals surface area contributed by atoms with Crippen LogP contribution in [0.1, 0.15) is 32.1 Å². The van der Waals surface area contributed by atoms with Gasteiger partial charge in [-0.1, -0.05) is 0 Å². The molecule has 0 aliphatic heterocycles. The van der Waals surface area contributed by atoms with Crippen LogP contribution in [0.2, 0.25) is 0 Å². The van der Waals surface area contributed by atoms with Gasteiger partial charge < -0.3 is 5.11 Å². The van der Waals surface area contributed by atoms with Gasteiger partial charge in [0.2, 0.25) is 0 Å². The van der Waals surface area contributed by atoms with E-state index >= 15 is 0 Å². The van der Waals surface area contributed by atoms with Gasteiger partial charge in [0.25, 0.3) is 0 Å². The summed E-state index contributed by atoms with van der Waals surface area (Å²) in [6.45, 7) is 0. The van der Waals surface area contributed by atoms with E-state index in [4.69, 9.17) is 6.42 Å². The van der Waals surface area contributed by atoms with Crippen molar-refractivity contribution >= 4 is 5.78 Å². The van der Waals surface area contributed by atoms with Gasteiger partial charge in [0.05, 0.1) is 6.10 Å². The van der Waals surface area contributed by atoms with Gasteiger partial charge in [-0.05, 0) is 31.6 Å². The number of Topliss-reactive ketones (excluding diaryl/α,β-unsaturated/α-hetero) is 1. The van der Waals surface area contributed by atoms with Crippen molar-refractivity contribution in [2.75, 3.05) is 0 Å². The minimum absolute atomic E-state index is 0.0496. The number of rotatable bonds is 0. The molecule has 0 heterocycles. The highest BCUT2D eigenvalue weighted by Crippen LogP contribution is 2.40. The van der Waals surface area contributed by atoms with Crippen LogP contribution in [0, 0.1) is 30.1 Å². The van der Waals surface area contributed by atoms with Crippen molar-refractivity contribution in [2.24, 2.45) is 17.8 Å². The van der Waals surface area contributed by atoms with Gasteiger partial charge in [0.15, 0.2) is 0 Å². The summed E-state index contributed by atoms with van der Waals surface area (Å²) in [5, 5.41) is 9.87. The maximum Gasteiger partial charge on any atom is 0.136 e. The van der Waals surface area contributed by atoms with Gasteiger partial charge in [-0.2, -0.15) is 0 Å². The standard InChI is InChI=1S/C12H16O2/c1-2-8-3-5-11(13)9-4-6-12(14)10(9)7-8/h1,8-11,13H,3-7H2/t8-,9-,10-,11-/m1/s1. The molecule has 76 valence electrons. The van der Waals surface area contributed by atoms with Crippen LogP contribution in [0.15, 0.2) is 0 Å². The highest BCUT2D eigenvalue weighted by atomic mass is 16.3. The van der Waals surface area contributed by atoms with Crippen LogP contribution < -0.4 is 0 Å². The first kappa shape index (κ1) is 9.73. The normalized spacial score (nSPS) is 42.7. The van der Waals surface area contributed by atoms with Crippen LogP contribution in [-0.4, -0.2) is 17.0 Å². The van der Waals surface area contributed by atoms with Crippen molar-refractivity contribution in [1.29, 1.82) is 0 Å². The monoisotopic (exact) mass is 192 g/mol. The van der Waals surface area contributed by atoms with Gasteiger partial charge in [0.1, 0.15) is 5.78 Å². The smallest absolute Gasteiger partial charge is 0.136 e. The molecule has 14 heavy (non-hydrogen) atoms. The lowest BCUT2D eigenvalue weighted by molar-refractivity contribution is -0.122. The molecule has 4 atom stereocenters. The molecular weight excluding hydrogens is 176 g/mol. The summed E-state index contributed by atoms with van der Waals surface area (Å²) in [7, 11) is 0. The molecule has 2 fully saturated rings. The van der Waals surface area contributed by atoms with Crippen molar-refractivity contribution < 1.29 is 9.90 Å². The Hall–Kier alpha value is -0.810. The summed E-state index contributed by atoms with van der Waals surface area (Å²) in [5.41, 5.74) is 0. The van der Waals surface area contributed by atoms with E-state index in [0.29, 0.717) is 12.2 Å². The number of ketones is 1. The SMILES string of the molecule is C#C[C@@H]1CC[C@@H](O)[C@@H]2CCC(=O)[C@@H]2C1. The third kappa shape index (κ3) is 1.57. The molecule has 2 rings (SSSR count). The molecule has 0 bridgehead atoms. The van der Waals surface area contributed by atoms with Crippen LogP contribution in [0.25, 0.3) is 0 Å². The number of aliphatic hydroxyl groups is 1. The second kappa shape index (κ2) is 3.74. The van der Waals surface area contributed by atoms with Gasteiger partial charge in [-0.25, -0.2) is 0 Å². The van der Waals surface area contributed by atoms with Crippen LogP contribution in [0.4, 0.5) is 0 Å². The first-order chi connectivity index (χ1) is 6.72. The lowest BCUT2D eigenvalue weighted by Crippen LogP contribution is -2.24. The molecule has 0 aromatic rings. The van der Waals surface area contributed by atoms with Gasteiger partial charge in [-0.15, -0.1) is 12.3 Å². The Morgan fingerprint density at radius 2 is 2.14 bits per heavy atom. The van der Waals surface area contributed by atoms with Crippen molar-refractivity contribution in [3.8, 4) is 12.3 Å². The summed E-state index contributed by atoms with van der Waals surface area (Å²) in [5.74, 6) is 3.49. The second-order valence-corrected chi connectivity index (χ2v) is 4.52. The Morgan fingerprint density at radius 1 is 1.36 bits per heavy atom. The minimum atomic E-state index is -0.301. The molecular formula is C12H16O2. The maximum absolute atomic E-state index is 11.6. The van der Waals surface area contributed by atoms with E-state index in [0.717, 1.165) is 25.7 Å². The van der Waals surface area contributed by atoms with E-state index in [-0.39, 0.29) is 23.9 Å². The summed E-state index contributed by atoms with van der Waals surface area (Å²) in [6.07, 6.45) is 9.05. The topological polar surface area (TPSA) is 37.3 Å². The fourth-order valence-electron chi connectivity index (χ4n) is 2.86. The predicted octanol–water partition coefficient (Wildman–Crippen LogP) is 1.38. The van der Waals surface area contributed by atoms with Crippen LogP contribution in [-0.2, 0) is 4.79 Å². The first-order valence-corrected chi connectivity index (χ1v) is 5.39. The quantitative estimate of drug-likeness (QED) is 0.589. The van der Waals surface area contributed by atoms with E-state index in [9.17, 15) is 9.90 Å². The number of carbonyl (C=O) groups excluding carboxylic acids is 1. The average Bonchev–Trinajstić information content (AvgIpc) is 2.45. The third-order valence-electron chi connectivity index (χ3n) is 3.73. The van der Waals surface area contributed by atoms with E-state index in [1.165, 1.54) is 0 Å². The van der Waals surface area contributed by atoms with E-state index in [1.807, 2.05) is 0 Å². The maximum atomic E-state index is 11.6. The molecule has 0 radical (unpaired) electrons. The average molecular weight is 192 g/mol. The van der Waals surface area contributed by atoms with E-state index < -0.39 is 0 Å². The highest BCUT2D eigenvalue weighted by Gasteiger charge is 2.41. The minimum Gasteiger partial charge on any atom is -0.393 e. The van der Waals surface area contributed by atoms with Gasteiger partial charge >= 0.3 is 0 Å². The Kier molecular flexibility index (Phi) is 2.60. The number of terminal acetylenes is 1. The van der Waals surface area contributed by atoms with E-state index in [2.05, 4.69) is 5.92 Å². The third-order valence-corrected chi connectivity index (χ3v) is 3.73. The fourth-order valence-corrected chi connectivity index (χ4v) is 2.86. The zero-order chi connectivity index (χ0) is 10.1. The van der Waals surface area contributed by atoms with Gasteiger partial charge in [0, 0.05) is 18.3 Å². The summed E-state index contributed by atoms with van der Waals surface area (Å²) >= 11 is 0. The first-order valence-electron chi connectivity index (χ1n) is 5.39. The molecule has 2 aliphatic rings. The van der Waals surface area contributed by atoms with Crippen LogP contribution in [0.5, 0.6) is 0 Å².